The highest BCUT2D eigenvalue weighted by atomic mass is 16.5. The minimum atomic E-state index is -0.173. The number of benzene rings is 1. The van der Waals surface area contributed by atoms with E-state index in [1.807, 2.05) is 38.1 Å². The number of hydrazone groups is 1. The van der Waals surface area contributed by atoms with Crippen molar-refractivity contribution in [3.63, 3.8) is 0 Å². The molecule has 0 saturated heterocycles. The highest BCUT2D eigenvalue weighted by Gasteiger charge is 1.99. The third-order valence-corrected chi connectivity index (χ3v) is 2.08. The quantitative estimate of drug-likeness (QED) is 0.574. The van der Waals surface area contributed by atoms with Gasteiger partial charge in [-0.25, -0.2) is 5.43 Å². The minimum Gasteiger partial charge on any atom is -0.494 e. The maximum absolute atomic E-state index is 11.3. The zero-order chi connectivity index (χ0) is 13.2. The molecule has 0 heterocycles. The predicted molar refractivity (Wildman–Crippen MR) is 73.0 cm³/mol. The molecule has 1 rings (SSSR count). The van der Waals surface area contributed by atoms with Gasteiger partial charge in [-0.2, -0.15) is 5.10 Å². The van der Waals surface area contributed by atoms with Gasteiger partial charge in [0.05, 0.1) is 13.2 Å². The van der Waals surface area contributed by atoms with Crippen LogP contribution in [-0.4, -0.2) is 25.3 Å². The predicted octanol–water partition coefficient (Wildman–Crippen LogP) is 2.01. The summed E-state index contributed by atoms with van der Waals surface area (Å²) in [7, 11) is 0. The fraction of sp³-hybridized carbons (Fsp3) is 0.385. The van der Waals surface area contributed by atoms with Gasteiger partial charge in [-0.3, -0.25) is 4.79 Å². The lowest BCUT2D eigenvalue weighted by molar-refractivity contribution is -0.119. The Bertz CT molecular complexity index is 388. The van der Waals surface area contributed by atoms with E-state index in [0.29, 0.717) is 6.61 Å². The van der Waals surface area contributed by atoms with Gasteiger partial charge in [-0.15, -0.1) is 0 Å². The maximum Gasteiger partial charge on any atom is 0.259 e. The van der Waals surface area contributed by atoms with Crippen molar-refractivity contribution in [2.75, 3.05) is 18.5 Å². The van der Waals surface area contributed by atoms with Crippen LogP contribution in [0.5, 0.6) is 5.75 Å². The molecule has 0 bridgehead atoms. The number of nitrogens with one attached hydrogen (secondary N) is 2. The summed E-state index contributed by atoms with van der Waals surface area (Å²) in [4.78, 5) is 11.3. The van der Waals surface area contributed by atoms with Gasteiger partial charge in [0.2, 0.25) is 0 Å². The fourth-order valence-electron chi connectivity index (χ4n) is 1.27. The van der Waals surface area contributed by atoms with Crippen molar-refractivity contribution in [2.45, 2.75) is 20.3 Å². The van der Waals surface area contributed by atoms with E-state index in [2.05, 4.69) is 15.8 Å². The standard InChI is InChI=1S/C13H19N3O2/c1-3-9-15-16-13(17)10-14-11-5-7-12(8-6-11)18-4-2/h5-9,14H,3-4,10H2,1-2H3,(H,16,17)/b15-9+. The van der Waals surface area contributed by atoms with Crippen LogP contribution in [0.4, 0.5) is 5.69 Å². The minimum absolute atomic E-state index is 0.173. The van der Waals surface area contributed by atoms with Crippen LogP contribution in [0.15, 0.2) is 29.4 Å². The van der Waals surface area contributed by atoms with E-state index in [4.69, 9.17) is 4.74 Å². The van der Waals surface area contributed by atoms with E-state index < -0.39 is 0 Å². The fourth-order valence-corrected chi connectivity index (χ4v) is 1.27. The summed E-state index contributed by atoms with van der Waals surface area (Å²) in [5, 5.41) is 6.76. The van der Waals surface area contributed by atoms with Crippen molar-refractivity contribution < 1.29 is 9.53 Å². The Labute approximate surface area is 107 Å². The molecule has 0 radical (unpaired) electrons. The molecule has 0 spiro atoms. The monoisotopic (exact) mass is 249 g/mol. The molecule has 0 unspecified atom stereocenters. The Morgan fingerprint density at radius 2 is 2.06 bits per heavy atom. The first-order chi connectivity index (χ1) is 8.76. The largest absolute Gasteiger partial charge is 0.494 e. The van der Waals surface area contributed by atoms with Crippen LogP contribution in [-0.2, 0) is 4.79 Å². The van der Waals surface area contributed by atoms with E-state index in [0.717, 1.165) is 17.9 Å². The second kappa shape index (κ2) is 8.11. The number of anilines is 1. The van der Waals surface area contributed by atoms with Crippen molar-refractivity contribution in [1.82, 2.24) is 5.43 Å². The average molecular weight is 249 g/mol. The van der Waals surface area contributed by atoms with Crippen LogP contribution in [0.1, 0.15) is 20.3 Å². The molecule has 98 valence electrons. The van der Waals surface area contributed by atoms with Gasteiger partial charge in [-0.05, 0) is 37.6 Å². The third-order valence-electron chi connectivity index (χ3n) is 2.08. The van der Waals surface area contributed by atoms with Crippen molar-refractivity contribution in [1.29, 1.82) is 0 Å². The molecule has 1 amide bonds. The number of rotatable bonds is 7. The second-order valence-corrected chi connectivity index (χ2v) is 3.57. The maximum atomic E-state index is 11.3. The Morgan fingerprint density at radius 3 is 2.67 bits per heavy atom. The molecule has 0 atom stereocenters. The van der Waals surface area contributed by atoms with Gasteiger partial charge in [0.1, 0.15) is 5.75 Å². The summed E-state index contributed by atoms with van der Waals surface area (Å²) in [5.74, 6) is 0.647. The molecular weight excluding hydrogens is 230 g/mol. The van der Waals surface area contributed by atoms with Crippen LogP contribution in [0.2, 0.25) is 0 Å². The summed E-state index contributed by atoms with van der Waals surface area (Å²) >= 11 is 0. The van der Waals surface area contributed by atoms with Gasteiger partial charge in [0.15, 0.2) is 0 Å². The van der Waals surface area contributed by atoms with E-state index in [1.165, 1.54) is 0 Å². The van der Waals surface area contributed by atoms with Gasteiger partial charge in [-0.1, -0.05) is 6.92 Å². The molecule has 5 nitrogen and oxygen atoms in total. The molecule has 0 aliphatic carbocycles. The molecule has 2 N–H and O–H groups in total. The zero-order valence-corrected chi connectivity index (χ0v) is 10.8. The Hall–Kier alpha value is -2.04. The van der Waals surface area contributed by atoms with Crippen LogP contribution in [0, 0.1) is 0 Å². The zero-order valence-electron chi connectivity index (χ0n) is 10.8. The molecule has 0 aliphatic heterocycles. The topological polar surface area (TPSA) is 62.7 Å². The van der Waals surface area contributed by atoms with E-state index in [1.54, 1.807) is 6.21 Å². The summed E-state index contributed by atoms with van der Waals surface area (Å²) in [6.07, 6.45) is 2.45. The van der Waals surface area contributed by atoms with Gasteiger partial charge in [0.25, 0.3) is 5.91 Å². The molecule has 5 heteroatoms. The number of hydrogen-bond donors (Lipinski definition) is 2. The molecular formula is C13H19N3O2. The Kier molecular flexibility index (Phi) is 6.32. The molecule has 1 aromatic rings. The number of nitrogens with zero attached hydrogens (tertiary/aromatic N) is 1. The van der Waals surface area contributed by atoms with E-state index in [9.17, 15) is 4.79 Å². The molecule has 0 saturated carbocycles. The first-order valence-electron chi connectivity index (χ1n) is 6.03. The van der Waals surface area contributed by atoms with Crippen LogP contribution in [0.3, 0.4) is 0 Å². The normalized spacial score (nSPS) is 10.3. The number of carbonyl (C=O) groups is 1. The Morgan fingerprint density at radius 1 is 1.33 bits per heavy atom. The highest BCUT2D eigenvalue weighted by molar-refractivity contribution is 5.81. The molecule has 1 aromatic carbocycles. The lowest BCUT2D eigenvalue weighted by Crippen LogP contribution is -2.25. The number of amides is 1. The van der Waals surface area contributed by atoms with Crippen LogP contribution in [0.25, 0.3) is 0 Å². The van der Waals surface area contributed by atoms with Crippen LogP contribution >= 0.6 is 0 Å². The third kappa shape index (κ3) is 5.34. The van der Waals surface area contributed by atoms with Gasteiger partial charge in [0, 0.05) is 11.9 Å². The van der Waals surface area contributed by atoms with E-state index in [-0.39, 0.29) is 12.5 Å². The van der Waals surface area contributed by atoms with Crippen molar-refractivity contribution in [2.24, 2.45) is 5.10 Å². The van der Waals surface area contributed by atoms with Crippen LogP contribution < -0.4 is 15.5 Å². The molecule has 0 aliphatic rings. The summed E-state index contributed by atoms with van der Waals surface area (Å²) in [5.41, 5.74) is 3.30. The molecule has 0 fully saturated rings. The van der Waals surface area contributed by atoms with E-state index >= 15 is 0 Å². The van der Waals surface area contributed by atoms with Gasteiger partial charge >= 0.3 is 0 Å². The number of ether oxygens (including phenoxy) is 1. The summed E-state index contributed by atoms with van der Waals surface area (Å²) in [6.45, 7) is 4.72. The van der Waals surface area contributed by atoms with Crippen molar-refractivity contribution >= 4 is 17.8 Å². The highest BCUT2D eigenvalue weighted by Crippen LogP contribution is 2.15. The van der Waals surface area contributed by atoms with Gasteiger partial charge < -0.3 is 10.1 Å². The van der Waals surface area contributed by atoms with Crippen molar-refractivity contribution in [3.05, 3.63) is 24.3 Å². The summed E-state index contributed by atoms with van der Waals surface area (Å²) in [6, 6.07) is 7.46. The molecule has 18 heavy (non-hydrogen) atoms. The SMILES string of the molecule is CC/C=N/NC(=O)CNc1ccc(OCC)cc1. The number of carbonyl (C=O) groups excluding carboxylic acids is 1. The lowest BCUT2D eigenvalue weighted by atomic mass is 10.3. The average Bonchev–Trinajstić information content (AvgIpc) is 2.39. The lowest BCUT2D eigenvalue weighted by Gasteiger charge is -2.07. The second-order valence-electron chi connectivity index (χ2n) is 3.57. The Balaban J connectivity index is 2.34. The molecule has 0 aromatic heterocycles. The number of hydrogen-bond acceptors (Lipinski definition) is 4. The first kappa shape index (κ1) is 14.0. The summed E-state index contributed by atoms with van der Waals surface area (Å²) < 4.78 is 5.33. The first-order valence-corrected chi connectivity index (χ1v) is 6.03. The van der Waals surface area contributed by atoms with Crippen molar-refractivity contribution in [3.8, 4) is 5.75 Å². The smallest absolute Gasteiger partial charge is 0.259 e.